The lowest BCUT2D eigenvalue weighted by Gasteiger charge is -2.25. The Morgan fingerprint density at radius 3 is 2.03 bits per heavy atom. The van der Waals surface area contributed by atoms with Crippen LogP contribution in [0.25, 0.3) is 0 Å². The topological polar surface area (TPSA) is 66.5 Å². The number of benzene rings is 3. The van der Waals surface area contributed by atoms with Crippen LogP contribution in [0.4, 0.5) is 5.69 Å². The van der Waals surface area contributed by atoms with Gasteiger partial charge in [-0.3, -0.25) is 9.10 Å². The van der Waals surface area contributed by atoms with Crippen molar-refractivity contribution in [3.8, 4) is 0 Å². The normalized spacial score (nSPS) is 11.2. The van der Waals surface area contributed by atoms with Crippen LogP contribution in [0.2, 0.25) is 5.02 Å². The number of rotatable bonds is 7. The average Bonchev–Trinajstić information content (AvgIpc) is 2.71. The molecule has 3 aromatic carbocycles. The molecule has 0 heterocycles. The average molecular weight is 457 g/mol. The van der Waals surface area contributed by atoms with E-state index in [2.05, 4.69) is 5.32 Å². The molecule has 0 spiro atoms. The molecule has 0 aliphatic carbocycles. The molecule has 3 rings (SSSR count). The summed E-state index contributed by atoms with van der Waals surface area (Å²) in [5.41, 5.74) is 4.12. The van der Waals surface area contributed by atoms with Crippen molar-refractivity contribution in [1.29, 1.82) is 0 Å². The zero-order valence-electron chi connectivity index (χ0n) is 17.7. The zero-order valence-corrected chi connectivity index (χ0v) is 19.3. The summed E-state index contributed by atoms with van der Waals surface area (Å²) >= 11 is 5.89. The van der Waals surface area contributed by atoms with Crippen molar-refractivity contribution in [2.24, 2.45) is 0 Å². The van der Waals surface area contributed by atoms with Gasteiger partial charge >= 0.3 is 0 Å². The predicted molar refractivity (Wildman–Crippen MR) is 125 cm³/mol. The molecule has 162 valence electrons. The summed E-state index contributed by atoms with van der Waals surface area (Å²) in [5.74, 6) is -0.398. The first-order valence-corrected chi connectivity index (χ1v) is 11.7. The molecule has 0 aliphatic rings. The molecule has 0 radical (unpaired) electrons. The number of amides is 1. The van der Waals surface area contributed by atoms with E-state index in [1.54, 1.807) is 48.5 Å². The van der Waals surface area contributed by atoms with Crippen LogP contribution in [0, 0.1) is 20.8 Å². The molecule has 5 nitrogen and oxygen atoms in total. The highest BCUT2D eigenvalue weighted by Crippen LogP contribution is 2.26. The van der Waals surface area contributed by atoms with Gasteiger partial charge in [-0.2, -0.15) is 0 Å². The fourth-order valence-electron chi connectivity index (χ4n) is 3.24. The van der Waals surface area contributed by atoms with E-state index in [9.17, 15) is 13.2 Å². The van der Waals surface area contributed by atoms with Crippen molar-refractivity contribution in [3.63, 3.8) is 0 Å². The third-order valence-electron chi connectivity index (χ3n) is 4.79. The highest BCUT2D eigenvalue weighted by molar-refractivity contribution is 7.92. The van der Waals surface area contributed by atoms with Crippen molar-refractivity contribution in [2.45, 2.75) is 32.2 Å². The van der Waals surface area contributed by atoms with E-state index in [1.165, 1.54) is 0 Å². The van der Waals surface area contributed by atoms with Crippen molar-refractivity contribution < 1.29 is 13.2 Å². The maximum absolute atomic E-state index is 13.4. The Bertz CT molecular complexity index is 1150. The largest absolute Gasteiger partial charge is 0.350 e. The van der Waals surface area contributed by atoms with Crippen molar-refractivity contribution in [3.05, 3.63) is 94.0 Å². The fraction of sp³-hybridized carbons (Fsp3) is 0.208. The van der Waals surface area contributed by atoms with Crippen LogP contribution in [0.15, 0.2) is 71.6 Å². The quantitative estimate of drug-likeness (QED) is 0.556. The maximum atomic E-state index is 13.4. The number of carbonyl (C=O) groups is 1. The molecule has 0 saturated carbocycles. The molecule has 31 heavy (non-hydrogen) atoms. The Kier molecular flexibility index (Phi) is 7.03. The third kappa shape index (κ3) is 5.87. The Morgan fingerprint density at radius 2 is 1.45 bits per heavy atom. The second-order valence-corrected chi connectivity index (χ2v) is 9.87. The lowest BCUT2D eigenvalue weighted by Crippen LogP contribution is -2.40. The number of sulfonamides is 1. The molecule has 0 atom stereocenters. The SMILES string of the molecule is Cc1ccc(S(=O)(=O)N(CC(=O)NCc2ccc(Cl)cc2)c2cc(C)cc(C)c2)cc1. The van der Waals surface area contributed by atoms with Gasteiger partial charge in [-0.05, 0) is 73.9 Å². The van der Waals surface area contributed by atoms with Crippen LogP contribution in [0.3, 0.4) is 0 Å². The van der Waals surface area contributed by atoms with E-state index in [1.807, 2.05) is 39.0 Å². The zero-order chi connectivity index (χ0) is 22.6. The van der Waals surface area contributed by atoms with Gasteiger partial charge in [0.1, 0.15) is 6.54 Å². The number of halogens is 1. The van der Waals surface area contributed by atoms with Crippen LogP contribution in [0.5, 0.6) is 0 Å². The summed E-state index contributed by atoms with van der Waals surface area (Å²) in [5, 5.41) is 3.40. The maximum Gasteiger partial charge on any atom is 0.264 e. The molecule has 7 heteroatoms. The second kappa shape index (κ2) is 9.54. The third-order valence-corrected chi connectivity index (χ3v) is 6.83. The molecule has 0 unspecified atom stereocenters. The van der Waals surface area contributed by atoms with E-state index in [-0.39, 0.29) is 18.0 Å². The number of nitrogens with one attached hydrogen (secondary N) is 1. The molecular weight excluding hydrogens is 432 g/mol. The Labute approximate surface area is 188 Å². The van der Waals surface area contributed by atoms with Gasteiger partial charge in [-0.1, -0.05) is 47.5 Å². The summed E-state index contributed by atoms with van der Waals surface area (Å²) in [6, 6.07) is 19.2. The molecule has 0 aliphatic heterocycles. The van der Waals surface area contributed by atoms with Crippen LogP contribution < -0.4 is 9.62 Å². The van der Waals surface area contributed by atoms with Gasteiger partial charge in [0.2, 0.25) is 5.91 Å². The Hall–Kier alpha value is -2.83. The number of hydrogen-bond donors (Lipinski definition) is 1. The lowest BCUT2D eigenvalue weighted by molar-refractivity contribution is -0.119. The molecule has 0 saturated heterocycles. The summed E-state index contributed by atoms with van der Waals surface area (Å²) < 4.78 is 28.1. The molecule has 3 aromatic rings. The standard InChI is InChI=1S/C24H25ClN2O3S/c1-17-4-10-23(11-5-17)31(29,30)27(22-13-18(2)12-19(3)14-22)16-24(28)26-15-20-6-8-21(25)9-7-20/h4-14H,15-16H2,1-3H3,(H,26,28). The number of nitrogens with zero attached hydrogens (tertiary/aromatic N) is 1. The highest BCUT2D eigenvalue weighted by Gasteiger charge is 2.27. The van der Waals surface area contributed by atoms with Crippen LogP contribution in [-0.4, -0.2) is 20.9 Å². The minimum Gasteiger partial charge on any atom is -0.350 e. The van der Waals surface area contributed by atoms with Crippen LogP contribution in [0.1, 0.15) is 22.3 Å². The van der Waals surface area contributed by atoms with E-state index >= 15 is 0 Å². The van der Waals surface area contributed by atoms with Crippen molar-refractivity contribution in [2.75, 3.05) is 10.8 Å². The molecular formula is C24H25ClN2O3S. The van der Waals surface area contributed by atoms with Crippen molar-refractivity contribution in [1.82, 2.24) is 5.32 Å². The molecule has 0 fully saturated rings. The van der Waals surface area contributed by atoms with Gasteiger partial charge in [-0.15, -0.1) is 0 Å². The van der Waals surface area contributed by atoms with E-state index in [0.29, 0.717) is 10.7 Å². The van der Waals surface area contributed by atoms with Gasteiger partial charge in [0.05, 0.1) is 10.6 Å². The monoisotopic (exact) mass is 456 g/mol. The minimum absolute atomic E-state index is 0.141. The summed E-state index contributed by atoms with van der Waals surface area (Å²) in [4.78, 5) is 12.9. The molecule has 1 N–H and O–H groups in total. The van der Waals surface area contributed by atoms with Gasteiger partial charge in [-0.25, -0.2) is 8.42 Å². The summed E-state index contributed by atoms with van der Waals surface area (Å²) in [7, 11) is -3.93. The lowest BCUT2D eigenvalue weighted by atomic mass is 10.1. The fourth-order valence-corrected chi connectivity index (χ4v) is 4.77. The first-order valence-electron chi connectivity index (χ1n) is 9.84. The summed E-state index contributed by atoms with van der Waals surface area (Å²) in [6.45, 7) is 5.64. The molecule has 1 amide bonds. The van der Waals surface area contributed by atoms with Gasteiger partial charge in [0.15, 0.2) is 0 Å². The predicted octanol–water partition coefficient (Wildman–Crippen LogP) is 4.78. The molecule has 0 aromatic heterocycles. The van der Waals surface area contributed by atoms with Crippen LogP contribution >= 0.6 is 11.6 Å². The van der Waals surface area contributed by atoms with E-state index in [0.717, 1.165) is 26.6 Å². The first-order chi connectivity index (χ1) is 14.6. The summed E-state index contributed by atoms with van der Waals surface area (Å²) in [6.07, 6.45) is 0. The van der Waals surface area contributed by atoms with E-state index < -0.39 is 15.9 Å². The number of carbonyl (C=O) groups excluding carboxylic acids is 1. The number of anilines is 1. The first kappa shape index (κ1) is 22.8. The van der Waals surface area contributed by atoms with Crippen molar-refractivity contribution >= 4 is 33.2 Å². The minimum atomic E-state index is -3.93. The van der Waals surface area contributed by atoms with Gasteiger partial charge in [0, 0.05) is 11.6 Å². The number of aryl methyl sites for hydroxylation is 3. The second-order valence-electron chi connectivity index (χ2n) is 7.57. The molecule has 0 bridgehead atoms. The Morgan fingerprint density at radius 1 is 0.871 bits per heavy atom. The van der Waals surface area contributed by atoms with Gasteiger partial charge in [0.25, 0.3) is 10.0 Å². The van der Waals surface area contributed by atoms with E-state index in [4.69, 9.17) is 11.6 Å². The Balaban J connectivity index is 1.89. The highest BCUT2D eigenvalue weighted by atomic mass is 35.5. The smallest absolute Gasteiger partial charge is 0.264 e. The number of hydrogen-bond acceptors (Lipinski definition) is 3. The van der Waals surface area contributed by atoms with Crippen LogP contribution in [-0.2, 0) is 21.4 Å². The van der Waals surface area contributed by atoms with Gasteiger partial charge < -0.3 is 5.32 Å².